The highest BCUT2D eigenvalue weighted by Gasteiger charge is 2.31. The zero-order valence-electron chi connectivity index (χ0n) is 17.6. The molecule has 0 radical (unpaired) electrons. The molecule has 7 heteroatoms. The summed E-state index contributed by atoms with van der Waals surface area (Å²) in [5.74, 6) is -0.0443. The number of halogens is 1. The third kappa shape index (κ3) is 6.66. The van der Waals surface area contributed by atoms with E-state index in [-0.39, 0.29) is 11.8 Å². The van der Waals surface area contributed by atoms with E-state index in [9.17, 15) is 9.59 Å². The van der Waals surface area contributed by atoms with Gasteiger partial charge in [-0.1, -0.05) is 60.2 Å². The van der Waals surface area contributed by atoms with Crippen molar-refractivity contribution >= 4 is 63.5 Å². The summed E-state index contributed by atoms with van der Waals surface area (Å²) in [5.41, 5.74) is 4.11. The molecule has 2 amide bonds. The number of rotatable bonds is 8. The van der Waals surface area contributed by atoms with Crippen LogP contribution in [0.15, 0.2) is 47.4 Å². The molecule has 31 heavy (non-hydrogen) atoms. The molecule has 1 aliphatic rings. The number of nitrogens with one attached hydrogen (secondary N) is 1. The van der Waals surface area contributed by atoms with E-state index in [0.29, 0.717) is 27.2 Å². The van der Waals surface area contributed by atoms with Gasteiger partial charge in [-0.3, -0.25) is 14.5 Å². The third-order valence-corrected chi connectivity index (χ3v) is 6.75. The summed E-state index contributed by atoms with van der Waals surface area (Å²) in [5, 5.41) is 3.60. The molecule has 0 saturated carbocycles. The van der Waals surface area contributed by atoms with Crippen molar-refractivity contribution in [3.63, 3.8) is 0 Å². The summed E-state index contributed by atoms with van der Waals surface area (Å²) in [4.78, 5) is 27.1. The normalized spacial score (nSPS) is 15.1. The summed E-state index contributed by atoms with van der Waals surface area (Å²) in [6.07, 6.45) is 4.73. The highest BCUT2D eigenvalue weighted by atomic mass is 35.5. The van der Waals surface area contributed by atoms with Crippen molar-refractivity contribution in [3.05, 3.63) is 69.1 Å². The van der Waals surface area contributed by atoms with Crippen LogP contribution in [0.5, 0.6) is 0 Å². The molecule has 2 aromatic carbocycles. The molecule has 0 spiro atoms. The molecule has 4 nitrogen and oxygen atoms in total. The van der Waals surface area contributed by atoms with Gasteiger partial charge in [0.05, 0.1) is 4.91 Å². The lowest BCUT2D eigenvalue weighted by Gasteiger charge is -2.14. The molecule has 0 unspecified atom stereocenters. The number of benzene rings is 2. The predicted molar refractivity (Wildman–Crippen MR) is 134 cm³/mol. The summed E-state index contributed by atoms with van der Waals surface area (Å²) < 4.78 is 0.581. The lowest BCUT2D eigenvalue weighted by molar-refractivity contribution is -0.122. The highest BCUT2D eigenvalue weighted by Crippen LogP contribution is 2.33. The Morgan fingerprint density at radius 1 is 1.10 bits per heavy atom. The maximum atomic E-state index is 12.7. The Morgan fingerprint density at radius 3 is 2.55 bits per heavy atom. The number of thioether (sulfide) groups is 1. The van der Waals surface area contributed by atoms with Crippen LogP contribution in [-0.2, 0) is 9.59 Å². The van der Waals surface area contributed by atoms with Crippen LogP contribution < -0.4 is 5.32 Å². The number of nitrogens with zero attached hydrogens (tertiary/aromatic N) is 1. The molecule has 0 atom stereocenters. The predicted octanol–water partition coefficient (Wildman–Crippen LogP) is 6.36. The van der Waals surface area contributed by atoms with E-state index in [2.05, 4.69) is 5.32 Å². The van der Waals surface area contributed by atoms with Crippen LogP contribution >= 0.6 is 35.6 Å². The van der Waals surface area contributed by atoms with Gasteiger partial charge in [0, 0.05) is 23.7 Å². The molecule has 3 rings (SSSR count). The molecule has 1 aliphatic heterocycles. The number of unbranched alkanes of at least 4 members (excludes halogenated alkanes) is 2. The van der Waals surface area contributed by atoms with Crippen LogP contribution in [0.25, 0.3) is 6.08 Å². The Kier molecular flexibility index (Phi) is 8.29. The molecule has 162 valence electrons. The van der Waals surface area contributed by atoms with Crippen molar-refractivity contribution < 1.29 is 9.59 Å². The van der Waals surface area contributed by atoms with Gasteiger partial charge in [-0.15, -0.1) is 0 Å². The fraction of sp³-hybridized carbons (Fsp3) is 0.292. The molecular formula is C24H25ClN2O2S2. The summed E-state index contributed by atoms with van der Waals surface area (Å²) >= 11 is 12.6. The average Bonchev–Trinajstić information content (AvgIpc) is 2.99. The third-order valence-electron chi connectivity index (χ3n) is 5.12. The number of aryl methyl sites for hydroxylation is 2. The minimum absolute atomic E-state index is 0.0137. The molecule has 0 aromatic heterocycles. The molecule has 1 saturated heterocycles. The van der Waals surface area contributed by atoms with Crippen molar-refractivity contribution in [1.82, 2.24) is 4.90 Å². The Labute approximate surface area is 198 Å². The number of carbonyl (C=O) groups is 2. The van der Waals surface area contributed by atoms with Crippen LogP contribution in [0.4, 0.5) is 5.69 Å². The largest absolute Gasteiger partial charge is 0.326 e. The van der Waals surface area contributed by atoms with Gasteiger partial charge < -0.3 is 5.32 Å². The highest BCUT2D eigenvalue weighted by molar-refractivity contribution is 8.26. The molecule has 1 heterocycles. The zero-order valence-corrected chi connectivity index (χ0v) is 20.0. The smallest absolute Gasteiger partial charge is 0.266 e. The first-order chi connectivity index (χ1) is 14.8. The fourth-order valence-corrected chi connectivity index (χ4v) is 4.61. The van der Waals surface area contributed by atoms with E-state index >= 15 is 0 Å². The number of hydrogen-bond acceptors (Lipinski definition) is 4. The van der Waals surface area contributed by atoms with Gasteiger partial charge in [-0.2, -0.15) is 0 Å². The molecule has 2 aromatic rings. The van der Waals surface area contributed by atoms with Gasteiger partial charge in [0.15, 0.2) is 0 Å². The number of anilines is 1. The second-order valence-electron chi connectivity index (χ2n) is 7.54. The molecule has 0 aliphatic carbocycles. The zero-order chi connectivity index (χ0) is 22.4. The Hall–Kier alpha value is -2.15. The van der Waals surface area contributed by atoms with E-state index < -0.39 is 0 Å². The lowest BCUT2D eigenvalue weighted by atomic mass is 10.1. The number of thiocarbonyl (C=S) groups is 1. The van der Waals surface area contributed by atoms with Gasteiger partial charge in [0.2, 0.25) is 5.91 Å². The number of carbonyl (C=O) groups excluding carboxylic acids is 2. The van der Waals surface area contributed by atoms with Crippen LogP contribution in [0.3, 0.4) is 0 Å². The van der Waals surface area contributed by atoms with E-state index in [1.165, 1.54) is 17.3 Å². The topological polar surface area (TPSA) is 49.4 Å². The second-order valence-corrected chi connectivity index (χ2v) is 9.65. The van der Waals surface area contributed by atoms with Crippen LogP contribution in [-0.4, -0.2) is 27.6 Å². The first kappa shape index (κ1) is 23.5. The standard InChI is InChI=1S/C24H25ClN2O2S2/c1-16-7-12-20(14-17(16)2)26-22(28)6-4-3-5-13-27-23(29)21(31-24(27)30)15-18-8-10-19(25)11-9-18/h7-12,14-15H,3-6,13H2,1-2H3,(H,26,28). The van der Waals surface area contributed by atoms with Gasteiger partial charge in [-0.25, -0.2) is 0 Å². The van der Waals surface area contributed by atoms with Gasteiger partial charge in [-0.05, 0) is 73.7 Å². The van der Waals surface area contributed by atoms with Crippen LogP contribution in [0, 0.1) is 13.8 Å². The summed E-state index contributed by atoms with van der Waals surface area (Å²) in [6.45, 7) is 4.65. The van der Waals surface area contributed by atoms with Gasteiger partial charge in [0.25, 0.3) is 5.91 Å². The van der Waals surface area contributed by atoms with Crippen LogP contribution in [0.2, 0.25) is 5.02 Å². The van der Waals surface area contributed by atoms with E-state index in [0.717, 1.165) is 36.1 Å². The maximum Gasteiger partial charge on any atom is 0.266 e. The van der Waals surface area contributed by atoms with Crippen molar-refractivity contribution in [1.29, 1.82) is 0 Å². The van der Waals surface area contributed by atoms with E-state index in [1.54, 1.807) is 17.0 Å². The minimum atomic E-state index is -0.0579. The monoisotopic (exact) mass is 472 g/mol. The average molecular weight is 473 g/mol. The van der Waals surface area contributed by atoms with Crippen molar-refractivity contribution in [2.24, 2.45) is 0 Å². The first-order valence-electron chi connectivity index (χ1n) is 10.2. The van der Waals surface area contributed by atoms with Gasteiger partial charge >= 0.3 is 0 Å². The SMILES string of the molecule is Cc1ccc(NC(=O)CCCCCN2C(=O)C(=Cc3ccc(Cl)cc3)SC2=S)cc1C. The lowest BCUT2D eigenvalue weighted by Crippen LogP contribution is -2.29. The van der Waals surface area contributed by atoms with Crippen LogP contribution in [0.1, 0.15) is 42.4 Å². The van der Waals surface area contributed by atoms with Crippen molar-refractivity contribution in [2.45, 2.75) is 39.5 Å². The van der Waals surface area contributed by atoms with E-state index in [4.69, 9.17) is 23.8 Å². The Balaban J connectivity index is 1.41. The fourth-order valence-electron chi connectivity index (χ4n) is 3.18. The quantitative estimate of drug-likeness (QED) is 0.276. The van der Waals surface area contributed by atoms with Gasteiger partial charge in [0.1, 0.15) is 4.32 Å². The second kappa shape index (κ2) is 10.9. The summed E-state index contributed by atoms with van der Waals surface area (Å²) in [6, 6.07) is 13.3. The summed E-state index contributed by atoms with van der Waals surface area (Å²) in [7, 11) is 0. The number of amides is 2. The van der Waals surface area contributed by atoms with Crippen molar-refractivity contribution in [2.75, 3.05) is 11.9 Å². The maximum absolute atomic E-state index is 12.7. The molecular weight excluding hydrogens is 448 g/mol. The number of hydrogen-bond donors (Lipinski definition) is 1. The molecule has 1 fully saturated rings. The first-order valence-corrected chi connectivity index (χ1v) is 11.8. The minimum Gasteiger partial charge on any atom is -0.326 e. The molecule has 1 N–H and O–H groups in total. The van der Waals surface area contributed by atoms with E-state index in [1.807, 2.05) is 50.3 Å². The molecule has 0 bridgehead atoms. The Morgan fingerprint density at radius 2 is 1.84 bits per heavy atom. The Bertz CT molecular complexity index is 1020. The van der Waals surface area contributed by atoms with Crippen molar-refractivity contribution in [3.8, 4) is 0 Å².